The van der Waals surface area contributed by atoms with E-state index in [9.17, 15) is 14.7 Å². The summed E-state index contributed by atoms with van der Waals surface area (Å²) in [4.78, 5) is 32.6. The van der Waals surface area contributed by atoms with Crippen molar-refractivity contribution in [3.63, 3.8) is 0 Å². The summed E-state index contributed by atoms with van der Waals surface area (Å²) in [7, 11) is 0. The number of unbranched alkanes of at least 4 members (excludes halogenated alkanes) is 3. The van der Waals surface area contributed by atoms with Gasteiger partial charge in [0.05, 0.1) is 25.4 Å². The topological polar surface area (TPSA) is 94.5 Å². The number of benzene rings is 1. The summed E-state index contributed by atoms with van der Waals surface area (Å²) in [5, 5.41) is 12.2. The molecule has 0 spiro atoms. The minimum atomic E-state index is -0.0322. The molecule has 8 heteroatoms. The van der Waals surface area contributed by atoms with Gasteiger partial charge >= 0.3 is 0 Å². The van der Waals surface area contributed by atoms with E-state index in [1.54, 1.807) is 0 Å². The molecule has 192 valence electrons. The zero-order valence-corrected chi connectivity index (χ0v) is 20.8. The molecule has 0 bridgehead atoms. The molecule has 2 aliphatic heterocycles. The number of rotatable bonds is 14. The Kier molecular flexibility index (Phi) is 9.40. The molecule has 2 fully saturated rings. The van der Waals surface area contributed by atoms with Crippen molar-refractivity contribution in [1.82, 2.24) is 15.1 Å². The molecule has 1 saturated carbocycles. The van der Waals surface area contributed by atoms with Crippen LogP contribution in [0.15, 0.2) is 23.2 Å². The van der Waals surface area contributed by atoms with Gasteiger partial charge in [0.15, 0.2) is 0 Å². The molecule has 1 aromatic rings. The Hall–Kier alpha value is -2.61. The average Bonchev–Trinajstić information content (AvgIpc) is 3.50. The predicted molar refractivity (Wildman–Crippen MR) is 136 cm³/mol. The normalized spacial score (nSPS) is 17.1. The molecule has 1 saturated heterocycles. The van der Waals surface area contributed by atoms with Crippen LogP contribution in [0.25, 0.3) is 0 Å². The van der Waals surface area contributed by atoms with Gasteiger partial charge in [-0.1, -0.05) is 44.6 Å². The van der Waals surface area contributed by atoms with Crippen molar-refractivity contribution in [2.24, 2.45) is 10.9 Å². The summed E-state index contributed by atoms with van der Waals surface area (Å²) in [6.45, 7) is 2.74. The van der Waals surface area contributed by atoms with Gasteiger partial charge in [0.25, 0.3) is 0 Å². The Labute approximate surface area is 208 Å². The first-order valence-corrected chi connectivity index (χ1v) is 13.4. The maximum atomic E-state index is 12.6. The van der Waals surface area contributed by atoms with Crippen LogP contribution < -0.4 is 10.1 Å². The lowest BCUT2D eigenvalue weighted by Crippen LogP contribution is -2.34. The van der Waals surface area contributed by atoms with Crippen molar-refractivity contribution in [1.29, 1.82) is 0 Å². The number of hydrogen-bond donors (Lipinski definition) is 2. The number of guanidine groups is 1. The van der Waals surface area contributed by atoms with Gasteiger partial charge in [-0.05, 0) is 43.7 Å². The summed E-state index contributed by atoms with van der Waals surface area (Å²) in [6.07, 6.45) is 12.2. The smallest absolute Gasteiger partial charge is 0.246 e. The number of aliphatic hydroxyl groups excluding tert-OH is 1. The van der Waals surface area contributed by atoms with Gasteiger partial charge in [0.1, 0.15) is 12.3 Å². The highest BCUT2D eigenvalue weighted by molar-refractivity contribution is 6.05. The molecular formula is C27H40N4O4. The van der Waals surface area contributed by atoms with Crippen molar-refractivity contribution in [3.05, 3.63) is 23.8 Å². The van der Waals surface area contributed by atoms with Gasteiger partial charge in [-0.25, -0.2) is 4.99 Å². The maximum absolute atomic E-state index is 12.6. The van der Waals surface area contributed by atoms with Gasteiger partial charge in [-0.2, -0.15) is 0 Å². The molecule has 2 amide bonds. The van der Waals surface area contributed by atoms with Gasteiger partial charge < -0.3 is 19.6 Å². The maximum Gasteiger partial charge on any atom is 0.246 e. The Morgan fingerprint density at radius 3 is 2.80 bits per heavy atom. The number of fused-ring (bicyclic) bond motifs is 2. The fraction of sp³-hybridized carbons (Fsp3) is 0.667. The molecule has 2 heterocycles. The number of hydrogen-bond acceptors (Lipinski definition) is 6. The molecule has 1 aromatic carbocycles. The highest BCUT2D eigenvalue weighted by Gasteiger charge is 2.30. The van der Waals surface area contributed by atoms with Crippen LogP contribution in [-0.4, -0.2) is 65.5 Å². The van der Waals surface area contributed by atoms with Crippen LogP contribution in [0.1, 0.15) is 76.2 Å². The number of carbonyl (C=O) groups excluding carboxylic acids is 2. The molecule has 1 aliphatic carbocycles. The lowest BCUT2D eigenvalue weighted by molar-refractivity contribution is -0.132. The lowest BCUT2D eigenvalue weighted by atomic mass is 10.0. The SMILES string of the molecule is O=C1CN2Cc3c(cccc3OCCCCCC(=O)N(CCO)CCCCC3CCCC3)N=C2N1. The second-order valence-electron chi connectivity index (χ2n) is 10.0. The first-order valence-electron chi connectivity index (χ1n) is 13.4. The van der Waals surface area contributed by atoms with Crippen molar-refractivity contribution in [2.45, 2.75) is 77.2 Å². The van der Waals surface area contributed by atoms with E-state index in [1.165, 1.54) is 38.5 Å². The molecule has 8 nitrogen and oxygen atoms in total. The van der Waals surface area contributed by atoms with Gasteiger partial charge in [0, 0.05) is 25.1 Å². The second kappa shape index (κ2) is 12.9. The fourth-order valence-corrected chi connectivity index (χ4v) is 5.39. The molecule has 0 radical (unpaired) electrons. The van der Waals surface area contributed by atoms with E-state index < -0.39 is 0 Å². The Morgan fingerprint density at radius 2 is 1.97 bits per heavy atom. The molecule has 0 unspecified atom stereocenters. The number of ether oxygens (including phenoxy) is 1. The number of amides is 2. The van der Waals surface area contributed by atoms with E-state index in [1.807, 2.05) is 28.0 Å². The van der Waals surface area contributed by atoms with Crippen molar-refractivity contribution < 1.29 is 19.4 Å². The van der Waals surface area contributed by atoms with Crippen molar-refractivity contribution >= 4 is 23.5 Å². The zero-order valence-electron chi connectivity index (χ0n) is 20.8. The quantitative estimate of drug-likeness (QED) is 0.392. The third-order valence-corrected chi connectivity index (χ3v) is 7.35. The van der Waals surface area contributed by atoms with Crippen LogP contribution in [0.2, 0.25) is 0 Å². The van der Waals surface area contributed by atoms with Crippen molar-refractivity contribution in [3.8, 4) is 5.75 Å². The van der Waals surface area contributed by atoms with E-state index in [-0.39, 0.29) is 18.4 Å². The van der Waals surface area contributed by atoms with Crippen LogP contribution in [0.4, 0.5) is 5.69 Å². The van der Waals surface area contributed by atoms with E-state index in [0.29, 0.717) is 38.6 Å². The number of carbonyl (C=O) groups is 2. The highest BCUT2D eigenvalue weighted by atomic mass is 16.5. The molecule has 35 heavy (non-hydrogen) atoms. The number of aliphatic imine (C=N–C) groups is 1. The second-order valence-corrected chi connectivity index (χ2v) is 10.0. The molecule has 3 aliphatic rings. The molecule has 4 rings (SSSR count). The minimum absolute atomic E-state index is 0.0246. The first kappa shape index (κ1) is 25.5. The highest BCUT2D eigenvalue weighted by Crippen LogP contribution is 2.34. The summed E-state index contributed by atoms with van der Waals surface area (Å²) in [5.74, 6) is 2.45. The Morgan fingerprint density at radius 1 is 1.11 bits per heavy atom. The van der Waals surface area contributed by atoms with Gasteiger partial charge in [-0.15, -0.1) is 0 Å². The third-order valence-electron chi connectivity index (χ3n) is 7.35. The van der Waals surface area contributed by atoms with Crippen LogP contribution in [0.5, 0.6) is 5.75 Å². The summed E-state index contributed by atoms with van der Waals surface area (Å²) < 4.78 is 6.05. The third kappa shape index (κ3) is 7.19. The number of nitrogens with one attached hydrogen (secondary N) is 1. The zero-order chi connectivity index (χ0) is 24.5. The van der Waals surface area contributed by atoms with Gasteiger partial charge in [0.2, 0.25) is 17.8 Å². The standard InChI is InChI=1S/C27H40N4O4/c32-17-16-30(15-6-5-11-21-9-3-4-10-21)26(34)14-2-1-7-18-35-24-13-8-12-23-22(24)19-31-20-25(33)29-27(31)28-23/h8,12-13,21,32H,1-7,9-11,14-20H2,(H,28,29,33). The molecule has 0 aromatic heterocycles. The van der Waals surface area contributed by atoms with E-state index in [2.05, 4.69) is 10.3 Å². The predicted octanol–water partition coefficient (Wildman–Crippen LogP) is 3.74. The number of aliphatic hydroxyl groups is 1. The minimum Gasteiger partial charge on any atom is -0.493 e. The molecular weight excluding hydrogens is 444 g/mol. The van der Waals surface area contributed by atoms with E-state index >= 15 is 0 Å². The van der Waals surface area contributed by atoms with Crippen LogP contribution >= 0.6 is 0 Å². The van der Waals surface area contributed by atoms with E-state index in [4.69, 9.17) is 4.74 Å². The monoisotopic (exact) mass is 484 g/mol. The fourth-order valence-electron chi connectivity index (χ4n) is 5.39. The molecule has 2 N–H and O–H groups in total. The largest absolute Gasteiger partial charge is 0.493 e. The van der Waals surface area contributed by atoms with E-state index in [0.717, 1.165) is 55.1 Å². The van der Waals surface area contributed by atoms with Gasteiger partial charge in [-0.3, -0.25) is 14.9 Å². The van der Waals surface area contributed by atoms with Crippen LogP contribution in [-0.2, 0) is 16.1 Å². The lowest BCUT2D eigenvalue weighted by Gasteiger charge is -2.24. The van der Waals surface area contributed by atoms with Crippen LogP contribution in [0, 0.1) is 5.92 Å². The summed E-state index contributed by atoms with van der Waals surface area (Å²) in [6, 6.07) is 5.82. The average molecular weight is 485 g/mol. The summed E-state index contributed by atoms with van der Waals surface area (Å²) >= 11 is 0. The Bertz CT molecular complexity index is 897. The van der Waals surface area contributed by atoms with Crippen molar-refractivity contribution in [2.75, 3.05) is 32.8 Å². The summed E-state index contributed by atoms with van der Waals surface area (Å²) in [5.41, 5.74) is 1.85. The first-order chi connectivity index (χ1) is 17.1. The molecule has 0 atom stereocenters. The Balaban J connectivity index is 1.12. The van der Waals surface area contributed by atoms with Crippen LogP contribution in [0.3, 0.4) is 0 Å². The number of nitrogens with zero attached hydrogens (tertiary/aromatic N) is 3.